The number of halogens is 2. The number of hydrogen-bond donors (Lipinski definition) is 1. The van der Waals surface area contributed by atoms with Gasteiger partial charge in [-0.1, -0.05) is 57.9 Å². The number of nitrogens with one attached hydrogen (secondary N) is 1. The highest BCUT2D eigenvalue weighted by Gasteiger charge is 2.32. The van der Waals surface area contributed by atoms with Gasteiger partial charge in [0.15, 0.2) is 0 Å². The molecule has 1 aliphatic rings. The van der Waals surface area contributed by atoms with Crippen LogP contribution in [0.15, 0.2) is 53.0 Å². The number of rotatable bonds is 2. The maximum atomic E-state index is 6.39. The van der Waals surface area contributed by atoms with Crippen LogP contribution < -0.4 is 10.2 Å². The van der Waals surface area contributed by atoms with E-state index in [1.807, 2.05) is 12.1 Å². The Bertz CT molecular complexity index is 632. The molecule has 4 heteroatoms. The standard InChI is InChI=1S/C17H18BrClN2/c1-17(13-5-3-2-4-6-13)12-21(10-9-20-17)16-11-14(18)7-8-15(16)19/h2-8,11,20H,9-10,12H2,1H3. The highest BCUT2D eigenvalue weighted by atomic mass is 79.9. The Hall–Kier alpha value is -1.03. The van der Waals surface area contributed by atoms with Gasteiger partial charge in [-0.25, -0.2) is 0 Å². The minimum Gasteiger partial charge on any atom is -0.367 e. The summed E-state index contributed by atoms with van der Waals surface area (Å²) < 4.78 is 1.06. The van der Waals surface area contributed by atoms with Crippen molar-refractivity contribution < 1.29 is 0 Å². The van der Waals surface area contributed by atoms with E-state index in [-0.39, 0.29) is 5.54 Å². The molecular weight excluding hydrogens is 348 g/mol. The van der Waals surface area contributed by atoms with Crippen LogP contribution in [-0.4, -0.2) is 19.6 Å². The Kier molecular flexibility index (Phi) is 4.25. The topological polar surface area (TPSA) is 15.3 Å². The first-order valence-corrected chi connectivity index (χ1v) is 8.26. The van der Waals surface area contributed by atoms with Gasteiger partial charge in [0.05, 0.1) is 16.2 Å². The third-order valence-corrected chi connectivity index (χ3v) is 4.88. The van der Waals surface area contributed by atoms with Gasteiger partial charge in [-0.05, 0) is 30.7 Å². The van der Waals surface area contributed by atoms with Crippen molar-refractivity contribution in [2.75, 3.05) is 24.5 Å². The molecule has 1 aliphatic heterocycles. The number of nitrogens with zero attached hydrogens (tertiary/aromatic N) is 1. The minimum absolute atomic E-state index is 0.0643. The van der Waals surface area contributed by atoms with E-state index in [9.17, 15) is 0 Å². The molecule has 2 aromatic carbocycles. The highest BCUT2D eigenvalue weighted by Crippen LogP contribution is 2.33. The summed E-state index contributed by atoms with van der Waals surface area (Å²) in [7, 11) is 0. The van der Waals surface area contributed by atoms with Crippen LogP contribution >= 0.6 is 27.5 Å². The fourth-order valence-corrected chi connectivity index (χ4v) is 3.50. The van der Waals surface area contributed by atoms with Crippen molar-refractivity contribution in [1.29, 1.82) is 0 Å². The molecule has 0 aliphatic carbocycles. The number of benzene rings is 2. The van der Waals surface area contributed by atoms with Crippen LogP contribution in [-0.2, 0) is 5.54 Å². The number of hydrogen-bond acceptors (Lipinski definition) is 2. The molecule has 2 nitrogen and oxygen atoms in total. The predicted octanol–water partition coefficient (Wildman–Crippen LogP) is 4.43. The lowest BCUT2D eigenvalue weighted by molar-refractivity contribution is 0.332. The van der Waals surface area contributed by atoms with E-state index < -0.39 is 0 Å². The molecule has 1 saturated heterocycles. The molecule has 0 bridgehead atoms. The van der Waals surface area contributed by atoms with E-state index in [0.717, 1.165) is 34.8 Å². The Morgan fingerprint density at radius 3 is 2.71 bits per heavy atom. The molecule has 0 aromatic heterocycles. The van der Waals surface area contributed by atoms with Gasteiger partial charge >= 0.3 is 0 Å². The van der Waals surface area contributed by atoms with Crippen LogP contribution in [0.25, 0.3) is 0 Å². The van der Waals surface area contributed by atoms with Crippen LogP contribution in [0, 0.1) is 0 Å². The van der Waals surface area contributed by atoms with Gasteiger partial charge in [0.1, 0.15) is 0 Å². The van der Waals surface area contributed by atoms with Gasteiger partial charge in [0, 0.05) is 24.1 Å². The molecule has 1 unspecified atom stereocenters. The summed E-state index contributed by atoms with van der Waals surface area (Å²) in [6.45, 7) is 5.04. The maximum absolute atomic E-state index is 6.39. The van der Waals surface area contributed by atoms with Crippen LogP contribution in [0.2, 0.25) is 5.02 Å². The molecule has 1 N–H and O–H groups in total. The number of anilines is 1. The molecule has 0 amide bonds. The van der Waals surface area contributed by atoms with Crippen LogP contribution in [0.5, 0.6) is 0 Å². The van der Waals surface area contributed by atoms with Gasteiger partial charge in [0.2, 0.25) is 0 Å². The SMILES string of the molecule is CC1(c2ccccc2)CN(c2cc(Br)ccc2Cl)CCN1. The smallest absolute Gasteiger partial charge is 0.0640 e. The molecule has 0 spiro atoms. The molecule has 0 saturated carbocycles. The predicted molar refractivity (Wildman–Crippen MR) is 93.2 cm³/mol. The van der Waals surface area contributed by atoms with Crippen LogP contribution in [0.4, 0.5) is 5.69 Å². The summed E-state index contributed by atoms with van der Waals surface area (Å²) in [6.07, 6.45) is 0. The highest BCUT2D eigenvalue weighted by molar-refractivity contribution is 9.10. The van der Waals surface area contributed by atoms with E-state index >= 15 is 0 Å². The molecular formula is C17H18BrClN2. The second kappa shape index (κ2) is 5.99. The first-order chi connectivity index (χ1) is 10.1. The average molecular weight is 366 g/mol. The van der Waals surface area contributed by atoms with Crippen molar-refractivity contribution in [2.45, 2.75) is 12.5 Å². The van der Waals surface area contributed by atoms with Crippen LogP contribution in [0.1, 0.15) is 12.5 Å². The Labute approximate surface area is 139 Å². The lowest BCUT2D eigenvalue weighted by Crippen LogP contribution is -2.56. The molecule has 1 heterocycles. The van der Waals surface area contributed by atoms with Crippen molar-refractivity contribution in [1.82, 2.24) is 5.32 Å². The lowest BCUT2D eigenvalue weighted by atomic mass is 9.89. The molecule has 1 fully saturated rings. The minimum atomic E-state index is -0.0643. The van der Waals surface area contributed by atoms with E-state index in [1.54, 1.807) is 0 Å². The van der Waals surface area contributed by atoms with Crippen molar-refractivity contribution in [3.63, 3.8) is 0 Å². The zero-order valence-electron chi connectivity index (χ0n) is 11.9. The summed E-state index contributed by atoms with van der Waals surface area (Å²) in [6, 6.07) is 16.6. The molecule has 110 valence electrons. The zero-order chi connectivity index (χ0) is 14.9. The summed E-state index contributed by atoms with van der Waals surface area (Å²) >= 11 is 9.92. The van der Waals surface area contributed by atoms with Gasteiger partial charge < -0.3 is 10.2 Å². The van der Waals surface area contributed by atoms with Crippen LogP contribution in [0.3, 0.4) is 0 Å². The Morgan fingerprint density at radius 1 is 1.19 bits per heavy atom. The summed E-state index contributed by atoms with van der Waals surface area (Å²) in [4.78, 5) is 2.36. The second-order valence-corrected chi connectivity index (χ2v) is 6.97. The maximum Gasteiger partial charge on any atom is 0.0640 e. The Morgan fingerprint density at radius 2 is 1.95 bits per heavy atom. The Balaban J connectivity index is 1.91. The molecule has 0 radical (unpaired) electrons. The monoisotopic (exact) mass is 364 g/mol. The van der Waals surface area contributed by atoms with Crippen molar-refractivity contribution in [3.8, 4) is 0 Å². The summed E-state index contributed by atoms with van der Waals surface area (Å²) in [5, 5.41) is 4.45. The van der Waals surface area contributed by atoms with E-state index in [2.05, 4.69) is 69.5 Å². The lowest BCUT2D eigenvalue weighted by Gasteiger charge is -2.43. The average Bonchev–Trinajstić information content (AvgIpc) is 2.51. The quantitative estimate of drug-likeness (QED) is 0.847. The molecule has 3 rings (SSSR count). The normalized spacial score (nSPS) is 22.3. The summed E-state index contributed by atoms with van der Waals surface area (Å²) in [5.74, 6) is 0. The molecule has 21 heavy (non-hydrogen) atoms. The van der Waals surface area contributed by atoms with E-state index in [1.165, 1.54) is 5.56 Å². The summed E-state index contributed by atoms with van der Waals surface area (Å²) in [5.41, 5.74) is 2.33. The van der Waals surface area contributed by atoms with Crippen molar-refractivity contribution in [2.24, 2.45) is 0 Å². The first-order valence-electron chi connectivity index (χ1n) is 7.09. The van der Waals surface area contributed by atoms with E-state index in [4.69, 9.17) is 11.6 Å². The molecule has 2 aromatic rings. The van der Waals surface area contributed by atoms with Gasteiger partial charge in [-0.2, -0.15) is 0 Å². The molecule has 1 atom stereocenters. The van der Waals surface area contributed by atoms with Crippen molar-refractivity contribution >= 4 is 33.2 Å². The largest absolute Gasteiger partial charge is 0.367 e. The second-order valence-electron chi connectivity index (χ2n) is 5.64. The van der Waals surface area contributed by atoms with Gasteiger partial charge in [-0.3, -0.25) is 0 Å². The van der Waals surface area contributed by atoms with Gasteiger partial charge in [-0.15, -0.1) is 0 Å². The number of piperazine rings is 1. The van der Waals surface area contributed by atoms with E-state index in [0.29, 0.717) is 0 Å². The third kappa shape index (κ3) is 3.10. The third-order valence-electron chi connectivity index (χ3n) is 4.06. The zero-order valence-corrected chi connectivity index (χ0v) is 14.3. The van der Waals surface area contributed by atoms with Gasteiger partial charge in [0.25, 0.3) is 0 Å². The fraction of sp³-hybridized carbons (Fsp3) is 0.294. The fourth-order valence-electron chi connectivity index (χ4n) is 2.92. The van der Waals surface area contributed by atoms with Crippen molar-refractivity contribution in [3.05, 3.63) is 63.6 Å². The first kappa shape index (κ1) is 14.9.